The number of hydrogen-bond donors (Lipinski definition) is 2. The smallest absolute Gasteiger partial charge is 0.276 e. The van der Waals surface area contributed by atoms with Gasteiger partial charge in [0, 0.05) is 6.08 Å². The number of hydrazine groups is 1. The SMILES string of the molecule is Cc1ccccc1OCC(=O)NNC(=O)C=Cc1ccc(F)cc1. The number of hydrogen-bond acceptors (Lipinski definition) is 3. The second-order valence-corrected chi connectivity index (χ2v) is 4.98. The summed E-state index contributed by atoms with van der Waals surface area (Å²) in [6.45, 7) is 1.65. The first-order valence-corrected chi connectivity index (χ1v) is 7.25. The Labute approximate surface area is 139 Å². The minimum atomic E-state index is -0.511. The lowest BCUT2D eigenvalue weighted by Crippen LogP contribution is -2.43. The maximum absolute atomic E-state index is 12.8. The van der Waals surface area contributed by atoms with Crippen LogP contribution in [-0.4, -0.2) is 18.4 Å². The molecule has 124 valence electrons. The van der Waals surface area contributed by atoms with E-state index in [0.29, 0.717) is 11.3 Å². The number of amides is 2. The zero-order chi connectivity index (χ0) is 17.4. The van der Waals surface area contributed by atoms with Crippen LogP contribution >= 0.6 is 0 Å². The van der Waals surface area contributed by atoms with Crippen LogP contribution in [0.15, 0.2) is 54.6 Å². The molecule has 0 unspecified atom stereocenters. The number of carbonyl (C=O) groups is 2. The Balaban J connectivity index is 1.74. The highest BCUT2D eigenvalue weighted by Crippen LogP contribution is 2.15. The highest BCUT2D eigenvalue weighted by molar-refractivity contribution is 5.93. The molecule has 0 saturated heterocycles. The van der Waals surface area contributed by atoms with E-state index in [0.717, 1.165) is 5.56 Å². The van der Waals surface area contributed by atoms with Gasteiger partial charge in [-0.15, -0.1) is 0 Å². The fourth-order valence-corrected chi connectivity index (χ4v) is 1.82. The molecule has 0 bridgehead atoms. The molecule has 0 aliphatic rings. The minimum Gasteiger partial charge on any atom is -0.483 e. The van der Waals surface area contributed by atoms with Gasteiger partial charge in [-0.2, -0.15) is 0 Å². The Morgan fingerprint density at radius 1 is 1.08 bits per heavy atom. The van der Waals surface area contributed by atoms with Crippen LogP contribution in [0.2, 0.25) is 0 Å². The van der Waals surface area contributed by atoms with E-state index in [1.807, 2.05) is 25.1 Å². The first-order chi connectivity index (χ1) is 11.5. The highest BCUT2D eigenvalue weighted by atomic mass is 19.1. The lowest BCUT2D eigenvalue weighted by atomic mass is 10.2. The Bertz CT molecular complexity index is 742. The molecule has 0 fully saturated rings. The number of nitrogens with one attached hydrogen (secondary N) is 2. The summed E-state index contributed by atoms with van der Waals surface area (Å²) >= 11 is 0. The summed E-state index contributed by atoms with van der Waals surface area (Å²) in [5, 5.41) is 0. The highest BCUT2D eigenvalue weighted by Gasteiger charge is 2.05. The van der Waals surface area contributed by atoms with Gasteiger partial charge in [0.15, 0.2) is 6.61 Å². The fraction of sp³-hybridized carbons (Fsp3) is 0.111. The van der Waals surface area contributed by atoms with Crippen LogP contribution in [0.4, 0.5) is 4.39 Å². The molecule has 0 radical (unpaired) electrons. The molecule has 2 amide bonds. The van der Waals surface area contributed by atoms with E-state index in [-0.39, 0.29) is 12.4 Å². The van der Waals surface area contributed by atoms with Crippen LogP contribution in [-0.2, 0) is 9.59 Å². The van der Waals surface area contributed by atoms with Crippen molar-refractivity contribution in [1.82, 2.24) is 10.9 Å². The Morgan fingerprint density at radius 3 is 2.50 bits per heavy atom. The van der Waals surface area contributed by atoms with Gasteiger partial charge in [-0.25, -0.2) is 4.39 Å². The standard InChI is InChI=1S/C18H17FN2O3/c1-13-4-2-3-5-16(13)24-12-18(23)21-20-17(22)11-8-14-6-9-15(19)10-7-14/h2-11H,12H2,1H3,(H,20,22)(H,21,23). The molecule has 5 nitrogen and oxygen atoms in total. The van der Waals surface area contributed by atoms with Crippen molar-refractivity contribution >= 4 is 17.9 Å². The second kappa shape index (κ2) is 8.47. The summed E-state index contributed by atoms with van der Waals surface area (Å²) in [7, 11) is 0. The third-order valence-electron chi connectivity index (χ3n) is 3.07. The quantitative estimate of drug-likeness (QED) is 0.654. The fourth-order valence-electron chi connectivity index (χ4n) is 1.82. The summed E-state index contributed by atoms with van der Waals surface area (Å²) in [6.07, 6.45) is 2.74. The van der Waals surface area contributed by atoms with Crippen LogP contribution in [0.1, 0.15) is 11.1 Å². The first kappa shape index (κ1) is 17.2. The molecule has 0 heterocycles. The van der Waals surface area contributed by atoms with E-state index in [9.17, 15) is 14.0 Å². The normalized spacial score (nSPS) is 10.4. The second-order valence-electron chi connectivity index (χ2n) is 4.98. The van der Waals surface area contributed by atoms with E-state index >= 15 is 0 Å². The van der Waals surface area contributed by atoms with Crippen LogP contribution in [0.25, 0.3) is 6.08 Å². The van der Waals surface area contributed by atoms with Crippen LogP contribution in [0, 0.1) is 12.7 Å². The molecule has 2 N–H and O–H groups in total. The van der Waals surface area contributed by atoms with Crippen molar-refractivity contribution in [1.29, 1.82) is 0 Å². The van der Waals surface area contributed by atoms with Crippen LogP contribution in [0.3, 0.4) is 0 Å². The van der Waals surface area contributed by atoms with Gasteiger partial charge in [-0.1, -0.05) is 30.3 Å². The number of para-hydroxylation sites is 1. The van der Waals surface area contributed by atoms with Crippen molar-refractivity contribution < 1.29 is 18.7 Å². The Morgan fingerprint density at radius 2 is 1.79 bits per heavy atom. The maximum Gasteiger partial charge on any atom is 0.276 e. The molecule has 24 heavy (non-hydrogen) atoms. The summed E-state index contributed by atoms with van der Waals surface area (Å²) in [4.78, 5) is 23.2. The van der Waals surface area contributed by atoms with E-state index in [1.54, 1.807) is 6.07 Å². The summed E-state index contributed by atoms with van der Waals surface area (Å²) in [6, 6.07) is 13.0. The molecular formula is C18H17FN2O3. The van der Waals surface area contributed by atoms with E-state index < -0.39 is 11.8 Å². The average Bonchev–Trinajstić information content (AvgIpc) is 2.58. The molecular weight excluding hydrogens is 311 g/mol. The van der Waals surface area contributed by atoms with Gasteiger partial charge >= 0.3 is 0 Å². The predicted octanol–water partition coefficient (Wildman–Crippen LogP) is 2.37. The molecule has 0 saturated carbocycles. The average molecular weight is 328 g/mol. The van der Waals surface area contributed by atoms with Gasteiger partial charge in [0.25, 0.3) is 11.8 Å². The third-order valence-corrected chi connectivity index (χ3v) is 3.07. The van der Waals surface area contributed by atoms with Gasteiger partial charge in [0.2, 0.25) is 0 Å². The van der Waals surface area contributed by atoms with Gasteiger partial charge in [-0.3, -0.25) is 20.4 Å². The minimum absolute atomic E-state index is 0.215. The molecule has 0 aliphatic carbocycles. The molecule has 0 spiro atoms. The van der Waals surface area contributed by atoms with Crippen LogP contribution < -0.4 is 15.6 Å². The van der Waals surface area contributed by atoms with Crippen molar-refractivity contribution in [3.05, 3.63) is 71.6 Å². The zero-order valence-corrected chi connectivity index (χ0v) is 13.1. The predicted molar refractivity (Wildman–Crippen MR) is 88.4 cm³/mol. The van der Waals surface area contributed by atoms with Gasteiger partial charge < -0.3 is 4.74 Å². The molecule has 6 heteroatoms. The topological polar surface area (TPSA) is 67.4 Å². The number of rotatable bonds is 5. The van der Waals surface area contributed by atoms with E-state index in [1.165, 1.54) is 36.4 Å². The lowest BCUT2D eigenvalue weighted by molar-refractivity contribution is -0.128. The van der Waals surface area contributed by atoms with Crippen LogP contribution in [0.5, 0.6) is 5.75 Å². The molecule has 2 aromatic rings. The monoisotopic (exact) mass is 328 g/mol. The Kier molecular flexibility index (Phi) is 6.08. The first-order valence-electron chi connectivity index (χ1n) is 7.25. The Hall–Kier alpha value is -3.15. The summed E-state index contributed by atoms with van der Waals surface area (Å²) in [5.41, 5.74) is 6.06. The number of halogens is 1. The number of benzene rings is 2. The van der Waals surface area contributed by atoms with Gasteiger partial charge in [-0.05, 0) is 42.3 Å². The number of aryl methyl sites for hydroxylation is 1. The van der Waals surface area contributed by atoms with E-state index in [4.69, 9.17) is 4.74 Å². The molecule has 2 rings (SSSR count). The molecule has 2 aromatic carbocycles. The summed E-state index contributed by atoms with van der Waals surface area (Å²) in [5.74, 6) is -0.738. The maximum atomic E-state index is 12.8. The van der Waals surface area contributed by atoms with Gasteiger partial charge in [0.1, 0.15) is 11.6 Å². The van der Waals surface area contributed by atoms with Crippen molar-refractivity contribution in [2.75, 3.05) is 6.61 Å². The molecule has 0 atom stereocenters. The van der Waals surface area contributed by atoms with Gasteiger partial charge in [0.05, 0.1) is 0 Å². The van der Waals surface area contributed by atoms with Crippen molar-refractivity contribution in [2.24, 2.45) is 0 Å². The lowest BCUT2D eigenvalue weighted by Gasteiger charge is -2.09. The zero-order valence-electron chi connectivity index (χ0n) is 13.1. The number of ether oxygens (including phenoxy) is 1. The molecule has 0 aliphatic heterocycles. The van der Waals surface area contributed by atoms with Crippen molar-refractivity contribution in [2.45, 2.75) is 6.92 Å². The summed E-state index contributed by atoms with van der Waals surface area (Å²) < 4.78 is 18.1. The third kappa shape index (κ3) is 5.57. The molecule has 0 aromatic heterocycles. The largest absolute Gasteiger partial charge is 0.483 e. The van der Waals surface area contributed by atoms with Crippen molar-refractivity contribution in [3.8, 4) is 5.75 Å². The van der Waals surface area contributed by atoms with E-state index in [2.05, 4.69) is 10.9 Å². The van der Waals surface area contributed by atoms with Crippen molar-refractivity contribution in [3.63, 3.8) is 0 Å². The number of carbonyl (C=O) groups excluding carboxylic acids is 2.